The Morgan fingerprint density at radius 1 is 1.09 bits per heavy atom. The summed E-state index contributed by atoms with van der Waals surface area (Å²) in [7, 11) is 2.14. The van der Waals surface area contributed by atoms with Crippen LogP contribution in [0.15, 0.2) is 42.9 Å². The van der Waals surface area contributed by atoms with E-state index in [4.69, 9.17) is 10.5 Å². The molecule has 184 valence electrons. The number of amides is 2. The topological polar surface area (TPSA) is 118 Å². The van der Waals surface area contributed by atoms with Gasteiger partial charge in [0.25, 0.3) is 11.8 Å². The molecule has 10 heteroatoms. The molecule has 0 aromatic carbocycles. The number of hydrogen-bond acceptors (Lipinski definition) is 7. The van der Waals surface area contributed by atoms with Crippen LogP contribution in [0.2, 0.25) is 0 Å². The van der Waals surface area contributed by atoms with Crippen LogP contribution in [-0.4, -0.2) is 76.5 Å². The van der Waals surface area contributed by atoms with Crippen molar-refractivity contribution in [3.63, 3.8) is 0 Å². The summed E-state index contributed by atoms with van der Waals surface area (Å²) in [5, 5.41) is 3.15. The van der Waals surface area contributed by atoms with Crippen molar-refractivity contribution in [1.82, 2.24) is 24.6 Å². The molecule has 2 aliphatic rings. The first-order valence-corrected chi connectivity index (χ1v) is 12.1. The van der Waals surface area contributed by atoms with Crippen molar-refractivity contribution >= 4 is 23.1 Å². The molecule has 2 fully saturated rings. The highest BCUT2D eigenvalue weighted by molar-refractivity contribution is 5.95. The van der Waals surface area contributed by atoms with Gasteiger partial charge in [-0.1, -0.05) is 0 Å². The highest BCUT2D eigenvalue weighted by atomic mass is 16.5. The SMILES string of the molecule is CN1CCN(c2ccn3c(C(=O)NC4CCC(Oc5ncccc5C(N)=O)CC4)cnc3c2)CC1. The van der Waals surface area contributed by atoms with E-state index in [0.29, 0.717) is 5.69 Å². The molecular weight excluding hydrogens is 446 g/mol. The highest BCUT2D eigenvalue weighted by Crippen LogP contribution is 2.25. The summed E-state index contributed by atoms with van der Waals surface area (Å²) in [4.78, 5) is 37.9. The van der Waals surface area contributed by atoms with Crippen molar-refractivity contribution in [3.05, 3.63) is 54.1 Å². The summed E-state index contributed by atoms with van der Waals surface area (Å²) in [6.45, 7) is 4.04. The minimum absolute atomic E-state index is 0.0526. The largest absolute Gasteiger partial charge is 0.474 e. The van der Waals surface area contributed by atoms with Gasteiger partial charge in [0.15, 0.2) is 0 Å². The van der Waals surface area contributed by atoms with Gasteiger partial charge in [-0.15, -0.1) is 0 Å². The number of fused-ring (bicyclic) bond motifs is 1. The van der Waals surface area contributed by atoms with Crippen molar-refractivity contribution in [2.75, 3.05) is 38.1 Å². The molecule has 3 aromatic heterocycles. The number of primary amides is 1. The maximum atomic E-state index is 13.0. The van der Waals surface area contributed by atoms with Crippen molar-refractivity contribution in [1.29, 1.82) is 0 Å². The minimum atomic E-state index is -0.558. The second kappa shape index (κ2) is 9.91. The lowest BCUT2D eigenvalue weighted by Crippen LogP contribution is -2.44. The van der Waals surface area contributed by atoms with Crippen LogP contribution in [0.5, 0.6) is 5.88 Å². The number of carbonyl (C=O) groups excluding carboxylic acids is 2. The van der Waals surface area contributed by atoms with E-state index in [1.165, 1.54) is 0 Å². The number of nitrogens with two attached hydrogens (primary N) is 1. The lowest BCUT2D eigenvalue weighted by atomic mass is 9.93. The molecule has 0 spiro atoms. The molecule has 0 atom stereocenters. The highest BCUT2D eigenvalue weighted by Gasteiger charge is 2.26. The van der Waals surface area contributed by atoms with Gasteiger partial charge in [0.1, 0.15) is 23.0 Å². The standard InChI is InChI=1S/C25H31N7O3/c1-30-11-13-31(14-12-30)18-8-10-32-21(16-28-22(32)15-18)24(34)29-17-4-6-19(7-5-17)35-25-20(23(26)33)3-2-9-27-25/h2-3,8-10,15-17,19H,4-7,11-14H2,1H3,(H2,26,33)(H,29,34). The fourth-order valence-electron chi connectivity index (χ4n) is 4.81. The summed E-state index contributed by atoms with van der Waals surface area (Å²) in [6, 6.07) is 7.42. The van der Waals surface area contributed by atoms with E-state index in [2.05, 4.69) is 38.2 Å². The van der Waals surface area contributed by atoms with Gasteiger partial charge in [0.05, 0.1) is 6.20 Å². The number of piperazine rings is 1. The number of carbonyl (C=O) groups is 2. The molecule has 5 rings (SSSR count). The monoisotopic (exact) mass is 477 g/mol. The van der Waals surface area contributed by atoms with Gasteiger partial charge in [0.2, 0.25) is 5.88 Å². The van der Waals surface area contributed by atoms with E-state index in [1.54, 1.807) is 24.5 Å². The normalized spacial score (nSPS) is 21.1. The smallest absolute Gasteiger partial charge is 0.270 e. The van der Waals surface area contributed by atoms with Crippen LogP contribution in [-0.2, 0) is 0 Å². The Labute approximate surface area is 204 Å². The fraction of sp³-hybridized carbons (Fsp3) is 0.440. The van der Waals surface area contributed by atoms with Crippen LogP contribution in [0.1, 0.15) is 46.5 Å². The second-order valence-electron chi connectivity index (χ2n) is 9.33. The first-order chi connectivity index (χ1) is 17.0. The molecule has 4 heterocycles. The number of ether oxygens (including phenoxy) is 1. The Morgan fingerprint density at radius 2 is 1.86 bits per heavy atom. The zero-order chi connectivity index (χ0) is 24.4. The number of nitrogens with one attached hydrogen (secondary N) is 1. The number of aromatic nitrogens is 3. The quantitative estimate of drug-likeness (QED) is 0.555. The molecule has 0 radical (unpaired) electrons. The van der Waals surface area contributed by atoms with Crippen LogP contribution in [0.4, 0.5) is 5.69 Å². The third kappa shape index (κ3) is 5.07. The minimum Gasteiger partial charge on any atom is -0.474 e. The van der Waals surface area contributed by atoms with Crippen LogP contribution in [0, 0.1) is 0 Å². The van der Waals surface area contributed by atoms with Crippen LogP contribution < -0.4 is 20.7 Å². The Bertz CT molecular complexity index is 1210. The van der Waals surface area contributed by atoms with Gasteiger partial charge in [-0.2, -0.15) is 0 Å². The number of anilines is 1. The third-order valence-corrected chi connectivity index (χ3v) is 6.92. The van der Waals surface area contributed by atoms with E-state index >= 15 is 0 Å². The number of hydrogen-bond donors (Lipinski definition) is 2. The third-order valence-electron chi connectivity index (χ3n) is 6.92. The van der Waals surface area contributed by atoms with Gasteiger partial charge in [-0.25, -0.2) is 9.97 Å². The lowest BCUT2D eigenvalue weighted by Gasteiger charge is -2.34. The molecule has 0 unspecified atom stereocenters. The molecule has 1 aliphatic heterocycles. The van der Waals surface area contributed by atoms with E-state index in [-0.39, 0.29) is 29.5 Å². The predicted octanol–water partition coefficient (Wildman–Crippen LogP) is 1.70. The zero-order valence-corrected chi connectivity index (χ0v) is 19.9. The molecule has 1 aliphatic carbocycles. The number of imidazole rings is 1. The van der Waals surface area contributed by atoms with Crippen molar-refractivity contribution in [2.24, 2.45) is 5.73 Å². The van der Waals surface area contributed by atoms with Gasteiger partial charge in [-0.3, -0.25) is 14.0 Å². The number of rotatable bonds is 6. The predicted molar refractivity (Wildman–Crippen MR) is 132 cm³/mol. The maximum Gasteiger partial charge on any atom is 0.270 e. The Kier molecular flexibility index (Phi) is 6.54. The van der Waals surface area contributed by atoms with Crippen molar-refractivity contribution < 1.29 is 14.3 Å². The van der Waals surface area contributed by atoms with Crippen LogP contribution in [0.25, 0.3) is 5.65 Å². The van der Waals surface area contributed by atoms with Gasteiger partial charge in [0, 0.05) is 56.4 Å². The Hall–Kier alpha value is -3.66. The summed E-state index contributed by atoms with van der Waals surface area (Å²) < 4.78 is 7.80. The summed E-state index contributed by atoms with van der Waals surface area (Å²) in [5.74, 6) is -0.415. The summed E-state index contributed by atoms with van der Waals surface area (Å²) in [6.07, 6.45) is 8.14. The Morgan fingerprint density at radius 3 is 2.60 bits per heavy atom. The van der Waals surface area contributed by atoms with E-state index in [9.17, 15) is 9.59 Å². The van der Waals surface area contributed by atoms with Crippen LogP contribution >= 0.6 is 0 Å². The number of pyridine rings is 2. The number of likely N-dealkylation sites (N-methyl/N-ethyl adjacent to an activating group) is 1. The first kappa shape index (κ1) is 23.1. The molecule has 10 nitrogen and oxygen atoms in total. The molecule has 2 amide bonds. The Balaban J connectivity index is 1.18. The summed E-state index contributed by atoms with van der Waals surface area (Å²) in [5.41, 5.74) is 8.13. The second-order valence-corrected chi connectivity index (χ2v) is 9.33. The number of nitrogens with zero attached hydrogens (tertiary/aromatic N) is 5. The van der Waals surface area contributed by atoms with Gasteiger partial charge in [-0.05, 0) is 50.9 Å². The molecule has 3 aromatic rings. The molecule has 1 saturated heterocycles. The van der Waals surface area contributed by atoms with Crippen LogP contribution in [0.3, 0.4) is 0 Å². The lowest BCUT2D eigenvalue weighted by molar-refractivity contribution is 0.0876. The van der Waals surface area contributed by atoms with E-state index in [1.807, 2.05) is 16.7 Å². The molecule has 3 N–H and O–H groups in total. The average Bonchev–Trinajstić information content (AvgIpc) is 3.29. The summed E-state index contributed by atoms with van der Waals surface area (Å²) >= 11 is 0. The molecular formula is C25H31N7O3. The average molecular weight is 478 g/mol. The maximum absolute atomic E-state index is 13.0. The zero-order valence-electron chi connectivity index (χ0n) is 19.9. The fourth-order valence-corrected chi connectivity index (χ4v) is 4.81. The molecule has 1 saturated carbocycles. The van der Waals surface area contributed by atoms with Crippen molar-refractivity contribution in [3.8, 4) is 5.88 Å². The van der Waals surface area contributed by atoms with Gasteiger partial charge >= 0.3 is 0 Å². The molecule has 35 heavy (non-hydrogen) atoms. The van der Waals surface area contributed by atoms with Gasteiger partial charge < -0.3 is 25.6 Å². The first-order valence-electron chi connectivity index (χ1n) is 12.1. The van der Waals surface area contributed by atoms with Crippen molar-refractivity contribution in [2.45, 2.75) is 37.8 Å². The molecule has 0 bridgehead atoms. The van der Waals surface area contributed by atoms with E-state index < -0.39 is 5.91 Å². The van der Waals surface area contributed by atoms with E-state index in [0.717, 1.165) is 63.2 Å².